The van der Waals surface area contributed by atoms with Crippen LogP contribution in [0.2, 0.25) is 0 Å². The first kappa shape index (κ1) is 17.0. The van der Waals surface area contributed by atoms with Gasteiger partial charge in [0, 0.05) is 19.0 Å². The fourth-order valence-electron chi connectivity index (χ4n) is 2.76. The van der Waals surface area contributed by atoms with Crippen molar-refractivity contribution in [2.75, 3.05) is 0 Å². The molecule has 0 spiro atoms. The van der Waals surface area contributed by atoms with E-state index in [0.29, 0.717) is 12.8 Å². The highest BCUT2D eigenvalue weighted by atomic mass is 32.1. The molecule has 1 fully saturated rings. The van der Waals surface area contributed by atoms with Gasteiger partial charge in [-0.3, -0.25) is 4.79 Å². The van der Waals surface area contributed by atoms with Crippen LogP contribution in [0.5, 0.6) is 0 Å². The quantitative estimate of drug-likeness (QED) is 0.724. The molecule has 0 bridgehead atoms. The Kier molecular flexibility index (Phi) is 4.94. The van der Waals surface area contributed by atoms with Gasteiger partial charge >= 0.3 is 6.18 Å². The molecule has 0 N–H and O–H groups in total. The van der Waals surface area contributed by atoms with Crippen LogP contribution in [0.25, 0.3) is 0 Å². The molecule has 1 aromatic carbocycles. The summed E-state index contributed by atoms with van der Waals surface area (Å²) in [7, 11) is 0. The lowest BCUT2D eigenvalue weighted by Crippen LogP contribution is -2.33. The predicted octanol–water partition coefficient (Wildman–Crippen LogP) is 4.89. The average molecular weight is 353 g/mol. The van der Waals surface area contributed by atoms with Gasteiger partial charge in [-0.25, -0.2) is 0 Å². The number of thiophene rings is 1. The van der Waals surface area contributed by atoms with E-state index in [1.165, 1.54) is 12.1 Å². The Bertz CT molecular complexity index is 693. The van der Waals surface area contributed by atoms with Gasteiger partial charge in [0.2, 0.25) is 5.91 Å². The van der Waals surface area contributed by atoms with Crippen LogP contribution in [0, 0.1) is 0 Å². The molecule has 24 heavy (non-hydrogen) atoms. The number of aryl methyl sites for hydroxylation is 1. The fourth-order valence-corrected chi connectivity index (χ4v) is 3.46. The van der Waals surface area contributed by atoms with Crippen LogP contribution in [-0.2, 0) is 23.9 Å². The molecule has 0 aliphatic heterocycles. The fraction of sp³-hybridized carbons (Fsp3) is 0.389. The van der Waals surface area contributed by atoms with E-state index in [2.05, 4.69) is 0 Å². The van der Waals surface area contributed by atoms with Crippen LogP contribution in [0.1, 0.15) is 36.0 Å². The summed E-state index contributed by atoms with van der Waals surface area (Å²) in [6, 6.07) is 7.57. The van der Waals surface area contributed by atoms with Gasteiger partial charge in [-0.05, 0) is 53.3 Å². The van der Waals surface area contributed by atoms with Crippen LogP contribution in [0.4, 0.5) is 13.2 Å². The molecular formula is C18H18F3NOS. The monoisotopic (exact) mass is 353 g/mol. The zero-order valence-electron chi connectivity index (χ0n) is 13.1. The third kappa shape index (κ3) is 4.17. The van der Waals surface area contributed by atoms with Crippen LogP contribution >= 0.6 is 11.3 Å². The minimum Gasteiger partial charge on any atom is -0.335 e. The van der Waals surface area contributed by atoms with E-state index in [9.17, 15) is 18.0 Å². The molecule has 1 heterocycles. The van der Waals surface area contributed by atoms with Crippen LogP contribution < -0.4 is 0 Å². The Morgan fingerprint density at radius 3 is 2.58 bits per heavy atom. The molecule has 1 aliphatic carbocycles. The van der Waals surface area contributed by atoms with Gasteiger partial charge in [-0.2, -0.15) is 24.5 Å². The summed E-state index contributed by atoms with van der Waals surface area (Å²) in [5, 5.41) is 3.95. The van der Waals surface area contributed by atoms with Crippen molar-refractivity contribution in [1.29, 1.82) is 0 Å². The van der Waals surface area contributed by atoms with E-state index in [1.807, 2.05) is 16.8 Å². The Morgan fingerprint density at radius 1 is 1.21 bits per heavy atom. The lowest BCUT2D eigenvalue weighted by atomic mass is 10.1. The smallest absolute Gasteiger partial charge is 0.335 e. The maximum atomic E-state index is 13.1. The number of benzene rings is 1. The minimum absolute atomic E-state index is 0.0306. The normalized spacial score (nSPS) is 14.6. The van der Waals surface area contributed by atoms with E-state index < -0.39 is 11.7 Å². The largest absolute Gasteiger partial charge is 0.416 e. The molecule has 0 saturated heterocycles. The standard InChI is InChI=1S/C18H18F3NOS/c19-18(20,21)16-4-2-1-3-14(16)11-22(15-6-7-15)17(23)8-5-13-9-10-24-12-13/h1-4,9-10,12,15H,5-8,11H2. The van der Waals surface area contributed by atoms with E-state index in [0.717, 1.165) is 24.5 Å². The second-order valence-electron chi connectivity index (χ2n) is 6.04. The van der Waals surface area contributed by atoms with Crippen molar-refractivity contribution in [3.05, 3.63) is 57.8 Å². The first-order chi connectivity index (χ1) is 11.4. The number of carbonyl (C=O) groups is 1. The summed E-state index contributed by atoms with van der Waals surface area (Å²) in [6.45, 7) is 0.0306. The molecule has 2 aromatic rings. The number of alkyl halides is 3. The number of amides is 1. The number of rotatable bonds is 6. The highest BCUT2D eigenvalue weighted by Gasteiger charge is 2.36. The molecule has 0 radical (unpaired) electrons. The Labute approximate surface area is 142 Å². The second-order valence-corrected chi connectivity index (χ2v) is 6.82. The highest BCUT2D eigenvalue weighted by Crippen LogP contribution is 2.35. The summed E-state index contributed by atoms with van der Waals surface area (Å²) < 4.78 is 39.4. The first-order valence-corrected chi connectivity index (χ1v) is 8.85. The number of hydrogen-bond donors (Lipinski definition) is 0. The van der Waals surface area contributed by atoms with Crippen molar-refractivity contribution in [1.82, 2.24) is 4.90 Å². The molecule has 0 unspecified atom stereocenters. The van der Waals surface area contributed by atoms with Crippen molar-refractivity contribution >= 4 is 17.2 Å². The summed E-state index contributed by atoms with van der Waals surface area (Å²) in [6.07, 6.45) is -1.68. The van der Waals surface area contributed by atoms with Crippen molar-refractivity contribution in [2.45, 2.75) is 44.4 Å². The molecule has 3 rings (SSSR count). The van der Waals surface area contributed by atoms with E-state index in [-0.39, 0.29) is 24.1 Å². The molecule has 0 atom stereocenters. The summed E-state index contributed by atoms with van der Waals surface area (Å²) in [5.74, 6) is -0.0688. The van der Waals surface area contributed by atoms with E-state index in [4.69, 9.17) is 0 Å². The predicted molar refractivity (Wildman–Crippen MR) is 87.7 cm³/mol. The van der Waals surface area contributed by atoms with Crippen molar-refractivity contribution in [2.24, 2.45) is 0 Å². The number of carbonyl (C=O) groups excluding carboxylic acids is 1. The van der Waals surface area contributed by atoms with Gasteiger partial charge in [-0.1, -0.05) is 18.2 Å². The van der Waals surface area contributed by atoms with E-state index >= 15 is 0 Å². The molecule has 1 aliphatic rings. The Hall–Kier alpha value is -1.82. The van der Waals surface area contributed by atoms with Crippen molar-refractivity contribution < 1.29 is 18.0 Å². The van der Waals surface area contributed by atoms with Crippen molar-refractivity contribution in [3.8, 4) is 0 Å². The highest BCUT2D eigenvalue weighted by molar-refractivity contribution is 7.07. The van der Waals surface area contributed by atoms with Gasteiger partial charge in [0.15, 0.2) is 0 Å². The van der Waals surface area contributed by atoms with Gasteiger partial charge in [-0.15, -0.1) is 0 Å². The molecule has 1 saturated carbocycles. The summed E-state index contributed by atoms with van der Waals surface area (Å²) >= 11 is 1.58. The molecule has 128 valence electrons. The zero-order chi connectivity index (χ0) is 17.2. The third-order valence-corrected chi connectivity index (χ3v) is 4.91. The van der Waals surface area contributed by atoms with Gasteiger partial charge in [0.05, 0.1) is 5.56 Å². The second kappa shape index (κ2) is 6.97. The molecule has 2 nitrogen and oxygen atoms in total. The number of halogens is 3. The Balaban J connectivity index is 1.72. The van der Waals surface area contributed by atoms with Crippen LogP contribution in [0.3, 0.4) is 0 Å². The van der Waals surface area contributed by atoms with Gasteiger partial charge < -0.3 is 4.90 Å². The maximum Gasteiger partial charge on any atom is 0.416 e. The van der Waals surface area contributed by atoms with Crippen molar-refractivity contribution in [3.63, 3.8) is 0 Å². The molecule has 6 heteroatoms. The first-order valence-electron chi connectivity index (χ1n) is 7.91. The SMILES string of the molecule is O=C(CCc1ccsc1)N(Cc1ccccc1C(F)(F)F)C1CC1. The lowest BCUT2D eigenvalue weighted by molar-refractivity contribution is -0.140. The zero-order valence-corrected chi connectivity index (χ0v) is 13.9. The summed E-state index contributed by atoms with van der Waals surface area (Å²) in [4.78, 5) is 14.2. The third-order valence-electron chi connectivity index (χ3n) is 4.18. The average Bonchev–Trinajstić information content (AvgIpc) is 3.25. The molecule has 1 amide bonds. The van der Waals surface area contributed by atoms with Gasteiger partial charge in [0.25, 0.3) is 0 Å². The minimum atomic E-state index is -4.40. The van der Waals surface area contributed by atoms with E-state index in [1.54, 1.807) is 22.3 Å². The van der Waals surface area contributed by atoms with Crippen LogP contribution in [-0.4, -0.2) is 16.8 Å². The Morgan fingerprint density at radius 2 is 1.96 bits per heavy atom. The lowest BCUT2D eigenvalue weighted by Gasteiger charge is -2.24. The molecule has 1 aromatic heterocycles. The topological polar surface area (TPSA) is 20.3 Å². The number of hydrogen-bond acceptors (Lipinski definition) is 2. The summed E-state index contributed by atoms with van der Waals surface area (Å²) in [5.41, 5.74) is 0.613. The maximum absolute atomic E-state index is 13.1. The number of nitrogens with zero attached hydrogens (tertiary/aromatic N) is 1. The van der Waals surface area contributed by atoms with Crippen LogP contribution in [0.15, 0.2) is 41.1 Å². The van der Waals surface area contributed by atoms with Gasteiger partial charge in [0.1, 0.15) is 0 Å². The molecular weight excluding hydrogens is 335 g/mol.